The molecule has 0 aliphatic rings. The van der Waals surface area contributed by atoms with Crippen LogP contribution >= 0.6 is 0 Å². The molecule has 18 heavy (non-hydrogen) atoms. The third-order valence-corrected chi connectivity index (χ3v) is 2.90. The van der Waals surface area contributed by atoms with Crippen molar-refractivity contribution in [3.05, 3.63) is 59.9 Å². The van der Waals surface area contributed by atoms with E-state index in [2.05, 4.69) is 52.6 Å². The second kappa shape index (κ2) is 6.17. The second-order valence-corrected chi connectivity index (χ2v) is 4.34. The first-order chi connectivity index (χ1) is 8.81. The van der Waals surface area contributed by atoms with Crippen molar-refractivity contribution < 1.29 is 0 Å². The van der Waals surface area contributed by atoms with Crippen molar-refractivity contribution in [2.45, 2.75) is 13.1 Å². The molecule has 0 fully saturated rings. The van der Waals surface area contributed by atoms with Crippen molar-refractivity contribution in [3.8, 4) is 0 Å². The predicted octanol–water partition coefficient (Wildman–Crippen LogP) is 2.44. The van der Waals surface area contributed by atoms with E-state index in [1.165, 1.54) is 11.3 Å². The average molecular weight is 241 g/mol. The van der Waals surface area contributed by atoms with Gasteiger partial charge in [0.05, 0.1) is 12.2 Å². The number of aromatic nitrogens is 1. The van der Waals surface area contributed by atoms with Gasteiger partial charge in [-0.25, -0.2) is 0 Å². The molecule has 1 aromatic heterocycles. The summed E-state index contributed by atoms with van der Waals surface area (Å²) < 4.78 is 0. The zero-order valence-electron chi connectivity index (χ0n) is 10.9. The molecule has 1 N–H and O–H groups in total. The Morgan fingerprint density at radius 3 is 2.61 bits per heavy atom. The minimum Gasteiger partial charge on any atom is -0.368 e. The first kappa shape index (κ1) is 12.6. The lowest BCUT2D eigenvalue weighted by molar-refractivity contribution is 0.802. The summed E-state index contributed by atoms with van der Waals surface area (Å²) in [6.07, 6.45) is 1.84. The fraction of sp³-hybridized carbons (Fsp3) is 0.267. The van der Waals surface area contributed by atoms with Crippen LogP contribution in [0.25, 0.3) is 0 Å². The summed E-state index contributed by atoms with van der Waals surface area (Å²) in [7, 11) is 4.07. The van der Waals surface area contributed by atoms with Crippen LogP contribution in [0.3, 0.4) is 0 Å². The Labute approximate surface area is 108 Å². The second-order valence-electron chi connectivity index (χ2n) is 4.34. The van der Waals surface area contributed by atoms with Crippen LogP contribution in [0.5, 0.6) is 0 Å². The van der Waals surface area contributed by atoms with Crippen LogP contribution in [0.4, 0.5) is 5.69 Å². The van der Waals surface area contributed by atoms with Crippen LogP contribution in [0.2, 0.25) is 0 Å². The van der Waals surface area contributed by atoms with Gasteiger partial charge < -0.3 is 10.2 Å². The maximum atomic E-state index is 4.36. The van der Waals surface area contributed by atoms with Crippen molar-refractivity contribution in [3.63, 3.8) is 0 Å². The molecule has 3 heteroatoms. The Morgan fingerprint density at radius 2 is 1.89 bits per heavy atom. The van der Waals surface area contributed by atoms with E-state index in [0.29, 0.717) is 0 Å². The molecule has 0 saturated heterocycles. The first-order valence-electron chi connectivity index (χ1n) is 6.15. The van der Waals surface area contributed by atoms with Gasteiger partial charge in [-0.1, -0.05) is 24.3 Å². The number of pyridine rings is 1. The summed E-state index contributed by atoms with van der Waals surface area (Å²) in [5.74, 6) is 0. The minimum atomic E-state index is 0.821. The van der Waals surface area contributed by atoms with Crippen molar-refractivity contribution >= 4 is 5.69 Å². The van der Waals surface area contributed by atoms with Gasteiger partial charge in [-0.05, 0) is 30.8 Å². The summed E-state index contributed by atoms with van der Waals surface area (Å²) in [4.78, 5) is 6.59. The monoisotopic (exact) mass is 241 g/mol. The molecule has 2 aromatic rings. The number of para-hydroxylation sites is 1. The van der Waals surface area contributed by atoms with Crippen LogP contribution in [-0.2, 0) is 13.1 Å². The van der Waals surface area contributed by atoms with Gasteiger partial charge in [0.2, 0.25) is 0 Å². The lowest BCUT2D eigenvalue weighted by Gasteiger charge is -2.22. The highest BCUT2D eigenvalue weighted by atomic mass is 15.1. The van der Waals surface area contributed by atoms with E-state index in [1.54, 1.807) is 0 Å². The molecule has 0 aliphatic carbocycles. The van der Waals surface area contributed by atoms with E-state index >= 15 is 0 Å². The van der Waals surface area contributed by atoms with E-state index < -0.39 is 0 Å². The first-order valence-corrected chi connectivity index (χ1v) is 6.15. The Morgan fingerprint density at radius 1 is 1.11 bits per heavy atom. The van der Waals surface area contributed by atoms with Crippen LogP contribution < -0.4 is 10.2 Å². The number of benzene rings is 1. The third-order valence-electron chi connectivity index (χ3n) is 2.90. The van der Waals surface area contributed by atoms with Crippen LogP contribution in [0.15, 0.2) is 48.7 Å². The van der Waals surface area contributed by atoms with Crippen LogP contribution in [-0.4, -0.2) is 19.1 Å². The smallest absolute Gasteiger partial charge is 0.0598 e. The summed E-state index contributed by atoms with van der Waals surface area (Å²) in [6, 6.07) is 14.5. The molecule has 3 nitrogen and oxygen atoms in total. The fourth-order valence-corrected chi connectivity index (χ4v) is 2.04. The number of rotatable bonds is 5. The summed E-state index contributed by atoms with van der Waals surface area (Å²) in [5, 5.41) is 3.20. The fourth-order valence-electron chi connectivity index (χ4n) is 2.04. The molecule has 0 spiro atoms. The maximum Gasteiger partial charge on any atom is 0.0598 e. The van der Waals surface area contributed by atoms with E-state index in [1.807, 2.05) is 25.4 Å². The maximum absolute atomic E-state index is 4.36. The highest BCUT2D eigenvalue weighted by Gasteiger charge is 2.07. The SMILES string of the molecule is CNCc1ccccc1N(C)Cc1ccccn1. The van der Waals surface area contributed by atoms with Gasteiger partial charge in [-0.15, -0.1) is 0 Å². The van der Waals surface area contributed by atoms with Gasteiger partial charge in [0.15, 0.2) is 0 Å². The zero-order chi connectivity index (χ0) is 12.8. The lowest BCUT2D eigenvalue weighted by atomic mass is 10.1. The molecule has 0 unspecified atom stereocenters. The van der Waals surface area contributed by atoms with Gasteiger partial charge in [0.1, 0.15) is 0 Å². The normalized spacial score (nSPS) is 10.3. The minimum absolute atomic E-state index is 0.821. The van der Waals surface area contributed by atoms with E-state index in [-0.39, 0.29) is 0 Å². The van der Waals surface area contributed by atoms with Crippen molar-refractivity contribution in [1.29, 1.82) is 0 Å². The predicted molar refractivity (Wildman–Crippen MR) is 75.5 cm³/mol. The van der Waals surface area contributed by atoms with E-state index in [4.69, 9.17) is 0 Å². The van der Waals surface area contributed by atoms with E-state index in [0.717, 1.165) is 18.8 Å². The number of nitrogens with one attached hydrogen (secondary N) is 1. The summed E-state index contributed by atoms with van der Waals surface area (Å²) in [6.45, 7) is 1.70. The van der Waals surface area contributed by atoms with Crippen molar-refractivity contribution in [2.24, 2.45) is 0 Å². The molecule has 94 valence electrons. The molecule has 0 aliphatic heterocycles. The highest BCUT2D eigenvalue weighted by Crippen LogP contribution is 2.20. The number of nitrogens with zero attached hydrogens (tertiary/aromatic N) is 2. The molecule has 1 heterocycles. The molecule has 0 bridgehead atoms. The standard InChI is InChI=1S/C15H19N3/c1-16-11-13-7-3-4-9-15(13)18(2)12-14-8-5-6-10-17-14/h3-10,16H,11-12H2,1-2H3. The third kappa shape index (κ3) is 3.08. The molecule has 0 saturated carbocycles. The van der Waals surface area contributed by atoms with E-state index in [9.17, 15) is 0 Å². The van der Waals surface area contributed by atoms with Gasteiger partial charge in [-0.2, -0.15) is 0 Å². The van der Waals surface area contributed by atoms with Crippen molar-refractivity contribution in [1.82, 2.24) is 10.3 Å². The number of hydrogen-bond acceptors (Lipinski definition) is 3. The lowest BCUT2D eigenvalue weighted by Crippen LogP contribution is -2.20. The van der Waals surface area contributed by atoms with Gasteiger partial charge in [-0.3, -0.25) is 4.98 Å². The Balaban J connectivity index is 2.16. The summed E-state index contributed by atoms with van der Waals surface area (Å²) >= 11 is 0. The number of anilines is 1. The quantitative estimate of drug-likeness (QED) is 0.871. The largest absolute Gasteiger partial charge is 0.368 e. The molecule has 0 amide bonds. The molecule has 0 radical (unpaired) electrons. The highest BCUT2D eigenvalue weighted by molar-refractivity contribution is 5.53. The van der Waals surface area contributed by atoms with Crippen molar-refractivity contribution in [2.75, 3.05) is 19.0 Å². The van der Waals surface area contributed by atoms with Gasteiger partial charge in [0, 0.05) is 25.5 Å². The van der Waals surface area contributed by atoms with Crippen LogP contribution in [0.1, 0.15) is 11.3 Å². The molecule has 0 atom stereocenters. The van der Waals surface area contributed by atoms with Crippen LogP contribution in [0, 0.1) is 0 Å². The Hall–Kier alpha value is -1.87. The molecular weight excluding hydrogens is 222 g/mol. The average Bonchev–Trinajstić information content (AvgIpc) is 2.41. The summed E-state index contributed by atoms with van der Waals surface area (Å²) in [5.41, 5.74) is 3.63. The Kier molecular flexibility index (Phi) is 4.31. The topological polar surface area (TPSA) is 28.2 Å². The zero-order valence-corrected chi connectivity index (χ0v) is 10.9. The molecular formula is C15H19N3. The number of hydrogen-bond donors (Lipinski definition) is 1. The molecule has 2 rings (SSSR count). The Bertz CT molecular complexity index is 482. The molecule has 1 aromatic carbocycles. The van der Waals surface area contributed by atoms with Gasteiger partial charge >= 0.3 is 0 Å². The van der Waals surface area contributed by atoms with Gasteiger partial charge in [0.25, 0.3) is 0 Å².